The molecule has 1 N–H and O–H groups in total. The lowest BCUT2D eigenvalue weighted by atomic mass is 10.2. The summed E-state index contributed by atoms with van der Waals surface area (Å²) in [7, 11) is 1.64. The van der Waals surface area contributed by atoms with Gasteiger partial charge >= 0.3 is 0 Å². The van der Waals surface area contributed by atoms with E-state index < -0.39 is 5.82 Å². The van der Waals surface area contributed by atoms with Gasteiger partial charge < -0.3 is 14.6 Å². The monoisotopic (exact) mass is 454 g/mol. The molecule has 0 atom stereocenters. The number of carbonyl (C=O) groups excluding carboxylic acids is 1. The van der Waals surface area contributed by atoms with Crippen LogP contribution in [0.3, 0.4) is 0 Å². The number of aryl methyl sites for hydroxylation is 1. The number of nitrogens with one attached hydrogen (secondary N) is 1. The second-order valence-corrected chi connectivity index (χ2v) is 8.83. The summed E-state index contributed by atoms with van der Waals surface area (Å²) in [6.07, 6.45) is 0. The highest BCUT2D eigenvalue weighted by Crippen LogP contribution is 2.28. The van der Waals surface area contributed by atoms with Gasteiger partial charge in [-0.15, -0.1) is 10.2 Å². The number of thioether (sulfide) groups is 1. The first kappa shape index (κ1) is 21.8. The third kappa shape index (κ3) is 5.16. The summed E-state index contributed by atoms with van der Waals surface area (Å²) in [5, 5.41) is 12.0. The van der Waals surface area contributed by atoms with Crippen molar-refractivity contribution in [3.8, 4) is 5.69 Å². The van der Waals surface area contributed by atoms with Crippen LogP contribution in [0.25, 0.3) is 5.69 Å². The van der Waals surface area contributed by atoms with E-state index in [0.717, 1.165) is 15.7 Å². The average Bonchev–Trinajstić information content (AvgIpc) is 3.26. The average molecular weight is 455 g/mol. The van der Waals surface area contributed by atoms with Gasteiger partial charge in [0.15, 0.2) is 10.1 Å². The molecule has 0 aliphatic rings. The predicted molar refractivity (Wildman–Crippen MR) is 116 cm³/mol. The maximum Gasteiger partial charge on any atom is 0.206 e. The fraction of sp³-hybridized carbons (Fsp3) is 0.316. The summed E-state index contributed by atoms with van der Waals surface area (Å²) in [5.74, 6) is -0.230. The smallest absolute Gasteiger partial charge is 0.206 e. The van der Waals surface area contributed by atoms with Crippen molar-refractivity contribution in [3.63, 3.8) is 0 Å². The van der Waals surface area contributed by atoms with Gasteiger partial charge in [0.2, 0.25) is 5.13 Å². The van der Waals surface area contributed by atoms with Gasteiger partial charge in [0.1, 0.15) is 5.82 Å². The molecule has 0 saturated heterocycles. The summed E-state index contributed by atoms with van der Waals surface area (Å²) in [6.45, 7) is 4.99. The van der Waals surface area contributed by atoms with Crippen molar-refractivity contribution < 1.29 is 13.9 Å². The maximum absolute atomic E-state index is 13.5. The summed E-state index contributed by atoms with van der Waals surface area (Å²) in [5.41, 5.74) is 3.00. The van der Waals surface area contributed by atoms with E-state index in [1.165, 1.54) is 29.2 Å². The second kappa shape index (κ2) is 9.71. The predicted octanol–water partition coefficient (Wildman–Crippen LogP) is 4.77. The zero-order chi connectivity index (χ0) is 21.0. The van der Waals surface area contributed by atoms with Crippen molar-refractivity contribution in [1.82, 2.24) is 14.8 Å². The molecule has 0 spiro atoms. The molecule has 0 unspecified atom stereocenters. The molecule has 154 valence electrons. The summed E-state index contributed by atoms with van der Waals surface area (Å²) < 4.78 is 21.1. The van der Waals surface area contributed by atoms with Crippen molar-refractivity contribution in [2.24, 2.45) is 0 Å². The Morgan fingerprint density at radius 1 is 1.34 bits per heavy atom. The molecule has 10 heteroatoms. The Kier molecular flexibility index (Phi) is 7.28. The second-order valence-electron chi connectivity index (χ2n) is 6.22. The van der Waals surface area contributed by atoms with Gasteiger partial charge in [-0.25, -0.2) is 4.39 Å². The van der Waals surface area contributed by atoms with Crippen LogP contribution in [0.15, 0.2) is 28.6 Å². The van der Waals surface area contributed by atoms with Crippen LogP contribution >= 0.6 is 34.7 Å². The highest BCUT2D eigenvalue weighted by molar-refractivity contribution is 8.01. The number of benzene rings is 1. The van der Waals surface area contributed by atoms with Crippen LogP contribution in [-0.4, -0.2) is 46.6 Å². The first-order valence-corrected chi connectivity index (χ1v) is 11.0. The van der Waals surface area contributed by atoms with Gasteiger partial charge in [0.05, 0.1) is 17.4 Å². The fourth-order valence-corrected chi connectivity index (χ4v) is 4.71. The van der Waals surface area contributed by atoms with E-state index in [0.29, 0.717) is 29.5 Å². The number of Topliss-reactive ketones (excluding diaryl/α,β-unsaturated/α-hetero) is 1. The number of nitrogens with zero attached hydrogens (tertiary/aromatic N) is 3. The number of rotatable bonds is 9. The van der Waals surface area contributed by atoms with Crippen LogP contribution in [0.4, 0.5) is 9.52 Å². The lowest BCUT2D eigenvalue weighted by Gasteiger charge is -2.10. The molecule has 0 saturated carbocycles. The molecular weight excluding hydrogens is 435 g/mol. The van der Waals surface area contributed by atoms with Crippen LogP contribution in [-0.2, 0) is 4.74 Å². The SMILES string of the molecule is COCCNc1nnc(SCC(=O)c2cc(C)n(-c3ccc(F)c(Cl)c3)c2C)s1. The summed E-state index contributed by atoms with van der Waals surface area (Å²) in [4.78, 5) is 12.8. The number of carbonyl (C=O) groups is 1. The molecule has 0 aliphatic heterocycles. The molecule has 3 rings (SSSR count). The quantitative estimate of drug-likeness (QED) is 0.285. The molecule has 6 nitrogen and oxygen atoms in total. The van der Waals surface area contributed by atoms with Gasteiger partial charge in [-0.2, -0.15) is 0 Å². The normalized spacial score (nSPS) is 11.1. The molecule has 0 bridgehead atoms. The van der Waals surface area contributed by atoms with Crippen molar-refractivity contribution in [2.45, 2.75) is 18.2 Å². The Hall–Kier alpha value is -1.94. The molecule has 2 aromatic heterocycles. The zero-order valence-corrected chi connectivity index (χ0v) is 18.6. The minimum Gasteiger partial charge on any atom is -0.383 e. The summed E-state index contributed by atoms with van der Waals surface area (Å²) >= 11 is 8.67. The number of hydrogen-bond acceptors (Lipinski definition) is 7. The van der Waals surface area contributed by atoms with E-state index in [4.69, 9.17) is 16.3 Å². The Bertz CT molecular complexity index is 1020. The highest BCUT2D eigenvalue weighted by Gasteiger charge is 2.18. The molecule has 0 radical (unpaired) electrons. The largest absolute Gasteiger partial charge is 0.383 e. The van der Waals surface area contributed by atoms with E-state index in [1.54, 1.807) is 19.2 Å². The number of aromatic nitrogens is 3. The van der Waals surface area contributed by atoms with E-state index in [9.17, 15) is 9.18 Å². The number of ketones is 1. The van der Waals surface area contributed by atoms with Gasteiger partial charge in [-0.1, -0.05) is 34.7 Å². The van der Waals surface area contributed by atoms with E-state index in [2.05, 4.69) is 15.5 Å². The molecule has 29 heavy (non-hydrogen) atoms. The molecule has 3 aromatic rings. The number of ether oxygens (including phenoxy) is 1. The van der Waals surface area contributed by atoms with Crippen LogP contribution in [0.1, 0.15) is 21.7 Å². The van der Waals surface area contributed by atoms with Crippen LogP contribution in [0.5, 0.6) is 0 Å². The van der Waals surface area contributed by atoms with Crippen LogP contribution in [0.2, 0.25) is 5.02 Å². The van der Waals surface area contributed by atoms with Gasteiger partial charge in [-0.05, 0) is 38.1 Å². The zero-order valence-electron chi connectivity index (χ0n) is 16.2. The van der Waals surface area contributed by atoms with Crippen molar-refractivity contribution in [2.75, 3.05) is 31.3 Å². The molecular formula is C19H20ClFN4O2S2. The Morgan fingerprint density at radius 2 is 2.14 bits per heavy atom. The van der Waals surface area contributed by atoms with Crippen molar-refractivity contribution in [3.05, 3.63) is 52.1 Å². The van der Waals surface area contributed by atoms with E-state index >= 15 is 0 Å². The number of halogens is 2. The van der Waals surface area contributed by atoms with Crippen LogP contribution in [0, 0.1) is 19.7 Å². The van der Waals surface area contributed by atoms with Gasteiger partial charge in [0, 0.05) is 36.3 Å². The Balaban J connectivity index is 1.69. The Labute approximate surface area is 181 Å². The van der Waals surface area contributed by atoms with Gasteiger partial charge in [0.25, 0.3) is 0 Å². The number of hydrogen-bond donors (Lipinski definition) is 1. The van der Waals surface area contributed by atoms with Crippen LogP contribution < -0.4 is 5.32 Å². The minimum absolute atomic E-state index is 0.00773. The van der Waals surface area contributed by atoms with E-state index in [1.807, 2.05) is 24.5 Å². The first-order chi connectivity index (χ1) is 13.9. The Morgan fingerprint density at radius 3 is 2.86 bits per heavy atom. The standard InChI is InChI=1S/C19H20ClFN4O2S2/c1-11-8-14(12(2)25(11)13-4-5-16(21)15(20)9-13)17(26)10-28-19-24-23-18(29-19)22-6-7-27-3/h4-5,8-9H,6-7,10H2,1-3H3,(H,22,23). The molecule has 1 aromatic carbocycles. The third-order valence-electron chi connectivity index (χ3n) is 4.21. The van der Waals surface area contributed by atoms with Crippen molar-refractivity contribution in [1.29, 1.82) is 0 Å². The molecule has 0 amide bonds. The topological polar surface area (TPSA) is 69.0 Å². The first-order valence-electron chi connectivity index (χ1n) is 8.77. The molecule has 2 heterocycles. The summed E-state index contributed by atoms with van der Waals surface area (Å²) in [6, 6.07) is 6.36. The lowest BCUT2D eigenvalue weighted by Crippen LogP contribution is -2.06. The van der Waals surface area contributed by atoms with E-state index in [-0.39, 0.29) is 16.6 Å². The van der Waals surface area contributed by atoms with Crippen molar-refractivity contribution >= 4 is 45.6 Å². The molecule has 0 aliphatic carbocycles. The molecule has 0 fully saturated rings. The number of methoxy groups -OCH3 is 1. The third-order valence-corrected chi connectivity index (χ3v) is 6.51. The lowest BCUT2D eigenvalue weighted by molar-refractivity contribution is 0.102. The highest BCUT2D eigenvalue weighted by atomic mass is 35.5. The van der Waals surface area contributed by atoms with Gasteiger partial charge in [-0.3, -0.25) is 4.79 Å². The number of anilines is 1. The fourth-order valence-electron chi connectivity index (χ4n) is 2.87. The minimum atomic E-state index is -0.473. The maximum atomic E-state index is 13.5.